The molecule has 0 saturated heterocycles. The Morgan fingerprint density at radius 1 is 1.06 bits per heavy atom. The van der Waals surface area contributed by atoms with Crippen LogP contribution < -0.4 is 5.32 Å². The van der Waals surface area contributed by atoms with E-state index in [0.717, 1.165) is 45.9 Å². The highest BCUT2D eigenvalue weighted by Crippen LogP contribution is 2.40. The van der Waals surface area contributed by atoms with E-state index in [1.807, 2.05) is 25.1 Å². The lowest BCUT2D eigenvalue weighted by Crippen LogP contribution is -2.25. The molecule has 1 aromatic carbocycles. The summed E-state index contributed by atoms with van der Waals surface area (Å²) in [6, 6.07) is 9.47. The highest BCUT2D eigenvalue weighted by atomic mass is 32.2. The minimum absolute atomic E-state index is 0.311. The number of benzene rings is 1. The van der Waals surface area contributed by atoms with Crippen molar-refractivity contribution >= 4 is 15.5 Å². The predicted octanol–water partition coefficient (Wildman–Crippen LogP) is 5.37. The van der Waals surface area contributed by atoms with Gasteiger partial charge in [-0.15, -0.1) is 0 Å². The Bertz CT molecular complexity index is 1160. The van der Waals surface area contributed by atoms with E-state index in [1.165, 1.54) is 12.8 Å². The van der Waals surface area contributed by atoms with Crippen LogP contribution in [-0.2, 0) is 9.84 Å². The van der Waals surface area contributed by atoms with Crippen molar-refractivity contribution in [1.82, 2.24) is 9.71 Å². The van der Waals surface area contributed by atoms with Crippen LogP contribution in [0.25, 0.3) is 22.5 Å². The molecule has 0 radical (unpaired) electrons. The maximum absolute atomic E-state index is 12.9. The van der Waals surface area contributed by atoms with Crippen molar-refractivity contribution in [3.05, 3.63) is 42.2 Å². The topological polar surface area (TPSA) is 84.2 Å². The summed E-state index contributed by atoms with van der Waals surface area (Å²) in [7, 11) is -3.42. The minimum atomic E-state index is -3.42. The van der Waals surface area contributed by atoms with Gasteiger partial charge in [-0.3, -0.25) is 0 Å². The highest BCUT2D eigenvalue weighted by Gasteiger charge is 2.25. The second-order valence-electron chi connectivity index (χ2n) is 9.10. The van der Waals surface area contributed by atoms with Gasteiger partial charge in [-0.05, 0) is 88.3 Å². The molecule has 31 heavy (non-hydrogen) atoms. The third-order valence-corrected chi connectivity index (χ3v) is 8.62. The predicted molar refractivity (Wildman–Crippen MR) is 124 cm³/mol. The third kappa shape index (κ3) is 4.03. The van der Waals surface area contributed by atoms with Crippen LogP contribution in [-0.4, -0.2) is 34.6 Å². The van der Waals surface area contributed by atoms with Gasteiger partial charge in [0, 0.05) is 29.1 Å². The Kier molecular flexibility index (Phi) is 5.73. The number of hydrogen-bond acceptors (Lipinski definition) is 5. The van der Waals surface area contributed by atoms with E-state index in [0.29, 0.717) is 22.5 Å². The summed E-state index contributed by atoms with van der Waals surface area (Å²) in [5.74, 6) is 1.22. The van der Waals surface area contributed by atoms with Crippen LogP contribution in [0.2, 0.25) is 0 Å². The van der Waals surface area contributed by atoms with Crippen LogP contribution in [0.5, 0.6) is 0 Å². The maximum atomic E-state index is 12.9. The van der Waals surface area contributed by atoms with E-state index in [4.69, 9.17) is 0 Å². The van der Waals surface area contributed by atoms with Crippen molar-refractivity contribution in [2.75, 3.05) is 5.32 Å². The summed E-state index contributed by atoms with van der Waals surface area (Å²) in [5, 5.41) is 13.6. The zero-order chi connectivity index (χ0) is 22.3. The van der Waals surface area contributed by atoms with Crippen LogP contribution in [0, 0.1) is 12.8 Å². The molecule has 2 N–H and O–H groups in total. The molecule has 7 heteroatoms. The summed E-state index contributed by atoms with van der Waals surface area (Å²) in [6.45, 7) is 7.50. The van der Waals surface area contributed by atoms with Gasteiger partial charge in [0.15, 0.2) is 15.7 Å². The first-order chi connectivity index (χ1) is 14.7. The first-order valence-corrected chi connectivity index (χ1v) is 12.5. The first kappa shape index (κ1) is 21.7. The number of fused-ring (bicyclic) bond motifs is 1. The SMILES string of the molecule is Cc1cc(-c2cc(S(=O)(=O)C(C)C)ccc2NC2CCC(C)CC2)c2ccnc-2n1O. The van der Waals surface area contributed by atoms with Gasteiger partial charge in [0.05, 0.1) is 15.8 Å². The number of aryl methyl sites for hydroxylation is 1. The van der Waals surface area contributed by atoms with Crippen LogP contribution in [0.1, 0.15) is 52.1 Å². The maximum Gasteiger partial charge on any atom is 0.180 e. The Hall–Kier alpha value is -2.54. The zero-order valence-corrected chi connectivity index (χ0v) is 19.4. The van der Waals surface area contributed by atoms with Crippen molar-refractivity contribution in [2.45, 2.75) is 69.6 Å². The van der Waals surface area contributed by atoms with Crippen molar-refractivity contribution in [3.8, 4) is 22.5 Å². The van der Waals surface area contributed by atoms with Crippen molar-refractivity contribution in [1.29, 1.82) is 0 Å². The molecule has 166 valence electrons. The van der Waals surface area contributed by atoms with Crippen LogP contribution >= 0.6 is 0 Å². The van der Waals surface area contributed by atoms with E-state index in [2.05, 4.69) is 17.2 Å². The fourth-order valence-corrected chi connectivity index (χ4v) is 5.47. The molecule has 1 aromatic rings. The highest BCUT2D eigenvalue weighted by molar-refractivity contribution is 7.92. The second-order valence-corrected chi connectivity index (χ2v) is 11.6. The monoisotopic (exact) mass is 441 g/mol. The van der Waals surface area contributed by atoms with E-state index in [-0.39, 0.29) is 0 Å². The summed E-state index contributed by atoms with van der Waals surface area (Å²) in [5.41, 5.74) is 4.02. The lowest BCUT2D eigenvalue weighted by atomic mass is 9.87. The first-order valence-electron chi connectivity index (χ1n) is 11.0. The molecular weight excluding hydrogens is 410 g/mol. The lowest BCUT2D eigenvalue weighted by Gasteiger charge is -2.29. The number of anilines is 1. The van der Waals surface area contributed by atoms with Gasteiger partial charge in [-0.2, -0.15) is 4.73 Å². The second kappa shape index (κ2) is 8.19. The van der Waals surface area contributed by atoms with Crippen LogP contribution in [0.15, 0.2) is 41.4 Å². The summed E-state index contributed by atoms with van der Waals surface area (Å²) in [4.78, 5) is 4.60. The van der Waals surface area contributed by atoms with Crippen molar-refractivity contribution in [2.24, 2.45) is 5.92 Å². The lowest BCUT2D eigenvalue weighted by molar-refractivity contribution is 0.180. The Labute approximate surface area is 184 Å². The molecule has 0 unspecified atom stereocenters. The molecule has 2 aliphatic heterocycles. The number of aromatic nitrogens is 2. The number of nitrogens with zero attached hydrogens (tertiary/aromatic N) is 2. The van der Waals surface area contributed by atoms with Crippen LogP contribution in [0.3, 0.4) is 0 Å². The van der Waals surface area contributed by atoms with Gasteiger partial charge in [0.2, 0.25) is 0 Å². The molecule has 4 rings (SSSR count). The summed E-state index contributed by atoms with van der Waals surface area (Å²) in [6.07, 6.45) is 6.25. The number of sulfone groups is 1. The molecule has 0 aromatic heterocycles. The quantitative estimate of drug-likeness (QED) is 0.520. The third-order valence-electron chi connectivity index (χ3n) is 6.46. The molecule has 3 aliphatic rings. The Balaban J connectivity index is 1.86. The van der Waals surface area contributed by atoms with E-state index >= 15 is 0 Å². The van der Waals surface area contributed by atoms with E-state index in [9.17, 15) is 13.6 Å². The molecule has 0 atom stereocenters. The molecule has 0 spiro atoms. The van der Waals surface area contributed by atoms with Crippen molar-refractivity contribution < 1.29 is 13.6 Å². The molecule has 2 heterocycles. The smallest absolute Gasteiger partial charge is 0.180 e. The average Bonchev–Trinajstić information content (AvgIpc) is 3.23. The molecule has 1 saturated carbocycles. The van der Waals surface area contributed by atoms with Gasteiger partial charge in [0.25, 0.3) is 0 Å². The number of rotatable bonds is 5. The van der Waals surface area contributed by atoms with E-state index < -0.39 is 15.1 Å². The number of hydrogen-bond donors (Lipinski definition) is 2. The molecular formula is C24H31N3O3S. The number of nitrogens with one attached hydrogen (secondary N) is 1. The number of pyridine rings is 1. The standard InChI is InChI=1S/C24H31N3O3S/c1-15(2)31(29,30)19-9-10-23(26-18-7-5-16(3)6-8-18)22(14-19)21-13-17(4)27(28)24-20(21)11-12-25-24/h9-16,18,26,28H,5-8H2,1-4H3. The van der Waals surface area contributed by atoms with Gasteiger partial charge >= 0.3 is 0 Å². The van der Waals surface area contributed by atoms with Gasteiger partial charge < -0.3 is 10.5 Å². The Morgan fingerprint density at radius 3 is 2.45 bits per heavy atom. The van der Waals surface area contributed by atoms with E-state index in [1.54, 1.807) is 32.2 Å². The molecule has 1 fully saturated rings. The molecule has 0 bridgehead atoms. The summed E-state index contributed by atoms with van der Waals surface area (Å²) >= 11 is 0. The minimum Gasteiger partial charge on any atom is -0.427 e. The zero-order valence-electron chi connectivity index (χ0n) is 18.6. The van der Waals surface area contributed by atoms with Crippen molar-refractivity contribution in [3.63, 3.8) is 0 Å². The van der Waals surface area contributed by atoms with Crippen LogP contribution in [0.4, 0.5) is 5.69 Å². The molecule has 1 aliphatic carbocycles. The molecule has 0 amide bonds. The van der Waals surface area contributed by atoms with Gasteiger partial charge in [0.1, 0.15) is 0 Å². The molecule has 6 nitrogen and oxygen atoms in total. The average molecular weight is 442 g/mol. The largest absolute Gasteiger partial charge is 0.427 e. The van der Waals surface area contributed by atoms with Gasteiger partial charge in [-0.1, -0.05) is 6.92 Å². The fraction of sp³-hybridized carbons (Fsp3) is 0.458. The fourth-order valence-electron chi connectivity index (χ4n) is 4.39. The summed E-state index contributed by atoms with van der Waals surface area (Å²) < 4.78 is 26.9. The van der Waals surface area contributed by atoms with Gasteiger partial charge in [-0.25, -0.2) is 13.4 Å². The Morgan fingerprint density at radius 2 is 1.77 bits per heavy atom. The normalized spacial score (nSPS) is 19.8.